The summed E-state index contributed by atoms with van der Waals surface area (Å²) in [6.45, 7) is 10.2. The van der Waals surface area contributed by atoms with Crippen LogP contribution >= 0.6 is 0 Å². The van der Waals surface area contributed by atoms with Crippen LogP contribution in [0.15, 0.2) is 250 Å². The van der Waals surface area contributed by atoms with Crippen LogP contribution in [0.5, 0.6) is 0 Å². The Morgan fingerprint density at radius 1 is 0.719 bits per heavy atom. The quantitative estimate of drug-likeness (QED) is 0.0615. The van der Waals surface area contributed by atoms with E-state index in [0.717, 1.165) is 44.5 Å². The molecule has 1 heteroatoms. The summed E-state index contributed by atoms with van der Waals surface area (Å²) < 4.78 is 135. The van der Waals surface area contributed by atoms with E-state index in [4.69, 9.17) is 11.0 Å². The van der Waals surface area contributed by atoms with Crippen molar-refractivity contribution in [1.29, 1.82) is 0 Å². The van der Waals surface area contributed by atoms with Gasteiger partial charge >= 0.3 is 0 Å². The van der Waals surface area contributed by atoms with Gasteiger partial charge in [-0.25, -0.2) is 0 Å². The zero-order valence-electron chi connectivity index (χ0n) is 50.3. The number of fused-ring (bicyclic) bond motifs is 2. The van der Waals surface area contributed by atoms with Crippen molar-refractivity contribution in [3.63, 3.8) is 0 Å². The van der Waals surface area contributed by atoms with Crippen LogP contribution in [0, 0.1) is 0 Å². The van der Waals surface area contributed by atoms with Crippen molar-refractivity contribution in [3.05, 3.63) is 289 Å². The molecular formula is C63H57N. The molecule has 6 atom stereocenters. The standard InChI is InChI=1S/C63H57N/c1-7-10-21-46(4)47(5)30-31-48(6)49-34-38-56(39-35-49)64(57-40-36-51(37-41-57)53-33-32-50(22-11-8-2)52(44-53)23-12-9-3)58-42-43-60-59-28-19-20-29-61(59)63(62(60)45-58,54-24-15-13-16-25-54)55-26-17-14-18-27-55/h7-9,11-20,22-29,32-44,58H,1-6,10,21,30-31,45H2/b22-11-,23-12-/i1D,4D,5D,6D,7D,10D,21D,30D,31D,34D,35D,38D,39D,43D,45D/b7-1?,22-11-,23-12-,46-4?,47-5?,48-6?. The molecule has 0 spiro atoms. The summed E-state index contributed by atoms with van der Waals surface area (Å²) in [6, 6.07) is 36.5. The molecule has 1 nitrogen and oxygen atoms in total. The molecule has 0 aromatic heterocycles. The molecule has 2 aliphatic rings. The lowest BCUT2D eigenvalue weighted by atomic mass is 9.65. The number of benzene rings is 6. The minimum atomic E-state index is -1.90. The van der Waals surface area contributed by atoms with Gasteiger partial charge in [0.1, 0.15) is 0 Å². The molecule has 0 aliphatic heterocycles. The summed E-state index contributed by atoms with van der Waals surface area (Å²) in [5, 5.41) is 0. The van der Waals surface area contributed by atoms with Crippen molar-refractivity contribution in [2.75, 3.05) is 4.90 Å². The minimum absolute atomic E-state index is 0.0857. The van der Waals surface area contributed by atoms with Gasteiger partial charge < -0.3 is 4.90 Å². The molecule has 6 aromatic rings. The van der Waals surface area contributed by atoms with Crippen LogP contribution in [0.1, 0.15) is 91.5 Å². The Hall–Kier alpha value is -7.48. The second kappa shape index (κ2) is 19.7. The predicted molar refractivity (Wildman–Crippen MR) is 279 cm³/mol. The lowest BCUT2D eigenvalue weighted by Gasteiger charge is -2.40. The third-order valence-electron chi connectivity index (χ3n) is 11.4. The van der Waals surface area contributed by atoms with E-state index in [1.165, 1.54) is 0 Å². The van der Waals surface area contributed by atoms with Gasteiger partial charge in [-0.15, -0.1) is 6.55 Å². The fourth-order valence-corrected chi connectivity index (χ4v) is 8.39. The molecule has 64 heavy (non-hydrogen) atoms. The number of rotatable bonds is 18. The summed E-state index contributed by atoms with van der Waals surface area (Å²) in [7, 11) is 0. The first-order valence-electron chi connectivity index (χ1n) is 29.1. The molecule has 0 bridgehead atoms. The Morgan fingerprint density at radius 3 is 2.05 bits per heavy atom. The van der Waals surface area contributed by atoms with Crippen LogP contribution < -0.4 is 4.90 Å². The second-order valence-electron chi connectivity index (χ2n) is 15.2. The zero-order valence-corrected chi connectivity index (χ0v) is 35.3. The molecule has 6 aromatic carbocycles. The van der Waals surface area contributed by atoms with E-state index in [1.54, 1.807) is 35.3 Å². The summed E-state index contributed by atoms with van der Waals surface area (Å²) in [4.78, 5) is 1.56. The van der Waals surface area contributed by atoms with Crippen molar-refractivity contribution < 1.29 is 20.6 Å². The van der Waals surface area contributed by atoms with Crippen molar-refractivity contribution in [3.8, 4) is 11.1 Å². The first-order valence-corrected chi connectivity index (χ1v) is 20.9. The van der Waals surface area contributed by atoms with Crippen molar-refractivity contribution in [2.24, 2.45) is 0 Å². The van der Waals surface area contributed by atoms with Gasteiger partial charge in [0.2, 0.25) is 0 Å². The lowest BCUT2D eigenvalue weighted by molar-refractivity contribution is 0.652. The topological polar surface area (TPSA) is 3.24 Å². The SMILES string of the molecule is [2H]C=C([2H])C([2H])C([2H])C(=C[2H])C(=C[2H])C([2H])C([2H])C(=C[2H])c1c([2H])c([2H])c(N(c2ccc(-c3ccc(/C=C\C=C)c(/C=C\C=C)c3)cc2)C2C=C([2H])C3=C(C2[2H])C(c2ccccc2)(c2ccccc2)c2ccccc23)c([2H])c1[2H]. The molecule has 0 amide bonds. The van der Waals surface area contributed by atoms with Gasteiger partial charge in [0.25, 0.3) is 0 Å². The van der Waals surface area contributed by atoms with Gasteiger partial charge in [-0.3, -0.25) is 0 Å². The summed E-state index contributed by atoms with van der Waals surface area (Å²) in [6.07, 6.45) is 4.21. The molecule has 8 rings (SSSR count). The van der Waals surface area contributed by atoms with Gasteiger partial charge in [-0.05, 0) is 129 Å². The number of hydrogen-bond acceptors (Lipinski definition) is 1. The van der Waals surface area contributed by atoms with E-state index in [1.807, 2.05) is 140 Å². The van der Waals surface area contributed by atoms with Crippen molar-refractivity contribution in [2.45, 2.75) is 43.4 Å². The smallest absolute Gasteiger partial charge is 0.0677 e. The van der Waals surface area contributed by atoms with Gasteiger partial charge in [-0.1, -0.05) is 220 Å². The molecule has 314 valence electrons. The largest absolute Gasteiger partial charge is 0.334 e. The first kappa shape index (κ1) is 28.3. The van der Waals surface area contributed by atoms with E-state index in [-0.39, 0.29) is 22.9 Å². The Balaban J connectivity index is 1.33. The van der Waals surface area contributed by atoms with E-state index in [2.05, 4.69) is 13.2 Å². The molecule has 0 N–H and O–H groups in total. The Labute approximate surface area is 402 Å². The first-order chi connectivity index (χ1) is 38.1. The fraction of sp³-hybridized carbons (Fsp3) is 0.111. The molecule has 0 saturated heterocycles. The van der Waals surface area contributed by atoms with Crippen LogP contribution in [-0.2, 0) is 5.41 Å². The summed E-state index contributed by atoms with van der Waals surface area (Å²) >= 11 is 0. The second-order valence-corrected chi connectivity index (χ2v) is 15.2. The minimum Gasteiger partial charge on any atom is -0.334 e. The van der Waals surface area contributed by atoms with Crippen molar-refractivity contribution >= 4 is 34.7 Å². The lowest BCUT2D eigenvalue weighted by Crippen LogP contribution is -2.36. The maximum absolute atomic E-state index is 10.7. The van der Waals surface area contributed by atoms with Gasteiger partial charge in [-0.2, -0.15) is 0 Å². The molecule has 6 unspecified atom stereocenters. The van der Waals surface area contributed by atoms with Crippen LogP contribution in [0.2, 0.25) is 0 Å². The molecule has 0 fully saturated rings. The maximum atomic E-state index is 10.7. The Kier molecular flexibility index (Phi) is 8.70. The monoisotopic (exact) mass is 843 g/mol. The van der Waals surface area contributed by atoms with Gasteiger partial charge in [0.15, 0.2) is 0 Å². The third-order valence-corrected chi connectivity index (χ3v) is 11.4. The number of nitrogens with zero attached hydrogens (tertiary/aromatic N) is 1. The number of allylic oxidation sites excluding steroid dienone is 10. The van der Waals surface area contributed by atoms with E-state index in [0.29, 0.717) is 43.1 Å². The Bertz CT molecular complexity index is 3470. The molecular weight excluding hydrogens is 771 g/mol. The van der Waals surface area contributed by atoms with Gasteiger partial charge in [0, 0.05) is 18.2 Å². The van der Waals surface area contributed by atoms with E-state index < -0.39 is 84.8 Å². The normalized spacial score (nSPS) is 22.8. The fourth-order valence-electron chi connectivity index (χ4n) is 8.39. The van der Waals surface area contributed by atoms with E-state index in [9.17, 15) is 9.60 Å². The average Bonchev–Trinajstić information content (AvgIpc) is 3.67. The molecule has 0 saturated carbocycles. The summed E-state index contributed by atoms with van der Waals surface area (Å²) in [5.74, 6) is 0. The highest BCUT2D eigenvalue weighted by Crippen LogP contribution is 2.58. The Morgan fingerprint density at radius 2 is 1.38 bits per heavy atom. The van der Waals surface area contributed by atoms with Crippen LogP contribution in [0.4, 0.5) is 11.4 Å². The highest BCUT2D eigenvalue weighted by Gasteiger charge is 2.48. The maximum Gasteiger partial charge on any atom is 0.0677 e. The molecule has 0 radical (unpaired) electrons. The van der Waals surface area contributed by atoms with Crippen molar-refractivity contribution in [1.82, 2.24) is 0 Å². The molecule has 0 heterocycles. The number of anilines is 2. The van der Waals surface area contributed by atoms with Gasteiger partial charge in [0.05, 0.1) is 25.2 Å². The molecule has 2 aliphatic carbocycles. The van der Waals surface area contributed by atoms with Crippen LogP contribution in [-0.4, -0.2) is 6.04 Å². The third kappa shape index (κ3) is 8.63. The highest BCUT2D eigenvalue weighted by atomic mass is 15.2. The number of hydrogen-bond donors (Lipinski definition) is 0. The van der Waals surface area contributed by atoms with Crippen LogP contribution in [0.25, 0.3) is 34.4 Å². The predicted octanol–water partition coefficient (Wildman–Crippen LogP) is 16.9. The highest BCUT2D eigenvalue weighted by molar-refractivity contribution is 5.91. The zero-order chi connectivity index (χ0) is 56.9. The van der Waals surface area contributed by atoms with E-state index >= 15 is 0 Å². The average molecular weight is 843 g/mol. The summed E-state index contributed by atoms with van der Waals surface area (Å²) in [5.41, 5.74) is 5.37. The van der Waals surface area contributed by atoms with Crippen LogP contribution in [0.3, 0.4) is 0 Å².